The van der Waals surface area contributed by atoms with Crippen LogP contribution in [-0.2, 0) is 6.42 Å². The van der Waals surface area contributed by atoms with Gasteiger partial charge in [-0.2, -0.15) is 0 Å². The average Bonchev–Trinajstić information content (AvgIpc) is 2.85. The molecule has 4 rings (SSSR count). The molecule has 2 fully saturated rings. The summed E-state index contributed by atoms with van der Waals surface area (Å²) in [5.41, 5.74) is 1.47. The number of fused-ring (bicyclic) bond motifs is 1. The van der Waals surface area contributed by atoms with Crippen molar-refractivity contribution in [2.24, 2.45) is 17.8 Å². The molecule has 2 aliphatic rings. The van der Waals surface area contributed by atoms with E-state index in [1.165, 1.54) is 50.3 Å². The summed E-state index contributed by atoms with van der Waals surface area (Å²) in [4.78, 5) is 0. The van der Waals surface area contributed by atoms with E-state index in [9.17, 15) is 4.39 Å². The first-order chi connectivity index (χ1) is 17.0. The number of halogens is 3. The molecule has 0 heterocycles. The van der Waals surface area contributed by atoms with Crippen molar-refractivity contribution in [3.8, 4) is 11.1 Å². The Morgan fingerprint density at radius 1 is 0.771 bits per heavy atom. The van der Waals surface area contributed by atoms with E-state index in [2.05, 4.69) is 19.1 Å². The van der Waals surface area contributed by atoms with Crippen molar-refractivity contribution in [2.75, 3.05) is 0 Å². The number of rotatable bonds is 8. The van der Waals surface area contributed by atoms with Gasteiger partial charge in [0.1, 0.15) is 17.5 Å². The number of hydrogen-bond donors (Lipinski definition) is 0. The molecule has 0 amide bonds. The smallest absolute Gasteiger partial charge is 0.134 e. The van der Waals surface area contributed by atoms with Gasteiger partial charge in [-0.25, -0.2) is 13.2 Å². The highest BCUT2D eigenvalue weighted by Gasteiger charge is 2.36. The minimum Gasteiger partial charge on any atom is -0.207 e. The van der Waals surface area contributed by atoms with Crippen LogP contribution in [0.2, 0.25) is 0 Å². The van der Waals surface area contributed by atoms with Gasteiger partial charge in [0.2, 0.25) is 0 Å². The highest BCUT2D eigenvalue weighted by Crippen LogP contribution is 2.48. The predicted octanol–water partition coefficient (Wildman–Crippen LogP) is 9.94. The topological polar surface area (TPSA) is 0 Å². The van der Waals surface area contributed by atoms with E-state index in [0.717, 1.165) is 43.1 Å². The van der Waals surface area contributed by atoms with Gasteiger partial charge in [-0.3, -0.25) is 0 Å². The zero-order valence-electron chi connectivity index (χ0n) is 21.2. The Morgan fingerprint density at radius 3 is 2.17 bits per heavy atom. The SMILES string of the molecule is C/C=C/CCc1ccc(-c2c(F)cc(C3CCC4CC(CC/C=C/C)CCC4C3)cc2F)cc1F. The molecule has 2 aromatic carbocycles. The maximum atomic E-state index is 15.2. The zero-order valence-corrected chi connectivity index (χ0v) is 21.2. The van der Waals surface area contributed by atoms with Gasteiger partial charge in [0, 0.05) is 0 Å². The minimum absolute atomic E-state index is 0.122. The average molecular weight is 481 g/mol. The van der Waals surface area contributed by atoms with Crippen molar-refractivity contribution in [2.45, 2.75) is 84.0 Å². The molecule has 0 aliphatic heterocycles. The summed E-state index contributed by atoms with van der Waals surface area (Å²) < 4.78 is 45.0. The lowest BCUT2D eigenvalue weighted by atomic mass is 9.63. The molecule has 0 radical (unpaired) electrons. The molecule has 35 heavy (non-hydrogen) atoms. The van der Waals surface area contributed by atoms with Crippen LogP contribution in [0.4, 0.5) is 13.2 Å². The van der Waals surface area contributed by atoms with Crippen molar-refractivity contribution < 1.29 is 13.2 Å². The maximum absolute atomic E-state index is 15.2. The quantitative estimate of drug-likeness (QED) is 0.330. The summed E-state index contributed by atoms with van der Waals surface area (Å²) >= 11 is 0. The van der Waals surface area contributed by atoms with Crippen LogP contribution < -0.4 is 0 Å². The fraction of sp³-hybridized carbons (Fsp3) is 0.500. The summed E-state index contributed by atoms with van der Waals surface area (Å²) in [6, 6.07) is 7.56. The summed E-state index contributed by atoms with van der Waals surface area (Å²) in [6.45, 7) is 4.01. The van der Waals surface area contributed by atoms with Crippen LogP contribution in [0, 0.1) is 35.2 Å². The van der Waals surface area contributed by atoms with E-state index in [1.54, 1.807) is 12.1 Å². The fourth-order valence-electron chi connectivity index (χ4n) is 6.47. The van der Waals surface area contributed by atoms with Gasteiger partial charge in [-0.1, -0.05) is 42.9 Å². The van der Waals surface area contributed by atoms with Crippen LogP contribution in [0.25, 0.3) is 11.1 Å². The third-order valence-electron chi connectivity index (χ3n) is 8.39. The van der Waals surface area contributed by atoms with Crippen LogP contribution in [0.15, 0.2) is 54.6 Å². The first kappa shape index (κ1) is 25.8. The van der Waals surface area contributed by atoms with Gasteiger partial charge in [-0.05, 0) is 130 Å². The molecule has 0 spiro atoms. The van der Waals surface area contributed by atoms with E-state index in [1.807, 2.05) is 19.1 Å². The normalized spacial score (nSPS) is 24.8. The highest BCUT2D eigenvalue weighted by molar-refractivity contribution is 5.66. The Morgan fingerprint density at radius 2 is 1.46 bits per heavy atom. The number of aryl methyl sites for hydroxylation is 1. The van der Waals surface area contributed by atoms with Crippen LogP contribution >= 0.6 is 0 Å². The molecule has 2 aliphatic carbocycles. The largest absolute Gasteiger partial charge is 0.207 e. The molecular weight excluding hydrogens is 441 g/mol. The molecule has 2 saturated carbocycles. The summed E-state index contributed by atoms with van der Waals surface area (Å²) in [5.74, 6) is 0.884. The summed E-state index contributed by atoms with van der Waals surface area (Å²) in [7, 11) is 0. The monoisotopic (exact) mass is 480 g/mol. The molecule has 188 valence electrons. The van der Waals surface area contributed by atoms with Crippen LogP contribution in [0.1, 0.15) is 88.7 Å². The van der Waals surface area contributed by atoms with Gasteiger partial charge < -0.3 is 0 Å². The molecule has 0 N–H and O–H groups in total. The Bertz CT molecular complexity index is 1030. The second kappa shape index (κ2) is 12.1. The lowest BCUT2D eigenvalue weighted by Crippen LogP contribution is -2.30. The highest BCUT2D eigenvalue weighted by atomic mass is 19.1. The Labute approximate surface area is 209 Å². The van der Waals surface area contributed by atoms with Crippen molar-refractivity contribution in [1.82, 2.24) is 0 Å². The van der Waals surface area contributed by atoms with E-state index >= 15 is 8.78 Å². The van der Waals surface area contributed by atoms with Gasteiger partial charge in [0.05, 0.1) is 5.56 Å². The standard InChI is InChI=1S/C32H39F3/c1-3-5-7-9-22-11-12-25-18-26(15-14-24(25)17-22)28-20-30(34)32(31(35)21-28)27-16-13-23(29(33)19-27)10-8-6-4-2/h3-6,13,16,19-22,24-26H,7-12,14-15,17-18H2,1-2H3/b5-3+,6-4+. The first-order valence-corrected chi connectivity index (χ1v) is 13.5. The maximum Gasteiger partial charge on any atom is 0.134 e. The Kier molecular flexibility index (Phi) is 8.92. The molecule has 4 atom stereocenters. The molecule has 4 unspecified atom stereocenters. The lowest BCUT2D eigenvalue weighted by molar-refractivity contribution is 0.115. The fourth-order valence-corrected chi connectivity index (χ4v) is 6.47. The Balaban J connectivity index is 1.44. The van der Waals surface area contributed by atoms with E-state index in [0.29, 0.717) is 17.9 Å². The number of benzene rings is 2. The molecular formula is C32H39F3. The number of hydrogen-bond acceptors (Lipinski definition) is 0. The molecule has 3 heteroatoms. The summed E-state index contributed by atoms with van der Waals surface area (Å²) in [5, 5.41) is 0. The first-order valence-electron chi connectivity index (χ1n) is 13.5. The molecule has 0 nitrogen and oxygen atoms in total. The molecule has 2 aromatic rings. The second-order valence-electron chi connectivity index (χ2n) is 10.6. The van der Waals surface area contributed by atoms with Crippen LogP contribution in [-0.4, -0.2) is 0 Å². The van der Waals surface area contributed by atoms with Crippen molar-refractivity contribution >= 4 is 0 Å². The third-order valence-corrected chi connectivity index (χ3v) is 8.39. The van der Waals surface area contributed by atoms with Gasteiger partial charge in [-0.15, -0.1) is 0 Å². The summed E-state index contributed by atoms with van der Waals surface area (Å²) in [6.07, 6.45) is 19.1. The van der Waals surface area contributed by atoms with E-state index in [4.69, 9.17) is 0 Å². The molecule has 0 aromatic heterocycles. The molecule has 0 saturated heterocycles. The van der Waals surface area contributed by atoms with Gasteiger partial charge in [0.25, 0.3) is 0 Å². The van der Waals surface area contributed by atoms with E-state index in [-0.39, 0.29) is 17.0 Å². The van der Waals surface area contributed by atoms with Crippen molar-refractivity contribution in [1.29, 1.82) is 0 Å². The minimum atomic E-state index is -0.587. The number of allylic oxidation sites excluding steroid dienone is 4. The lowest BCUT2D eigenvalue weighted by Gasteiger charge is -2.42. The third kappa shape index (κ3) is 6.29. The van der Waals surface area contributed by atoms with Gasteiger partial charge in [0.15, 0.2) is 0 Å². The molecule has 0 bridgehead atoms. The van der Waals surface area contributed by atoms with E-state index < -0.39 is 17.5 Å². The van der Waals surface area contributed by atoms with Gasteiger partial charge >= 0.3 is 0 Å². The Hall–Kier alpha value is -2.29. The zero-order chi connectivity index (χ0) is 24.8. The van der Waals surface area contributed by atoms with Crippen molar-refractivity contribution in [3.63, 3.8) is 0 Å². The van der Waals surface area contributed by atoms with Crippen LogP contribution in [0.3, 0.4) is 0 Å². The second-order valence-corrected chi connectivity index (χ2v) is 10.6. The van der Waals surface area contributed by atoms with Crippen molar-refractivity contribution in [3.05, 3.63) is 83.2 Å². The predicted molar refractivity (Wildman–Crippen MR) is 140 cm³/mol. The van der Waals surface area contributed by atoms with Crippen LogP contribution in [0.5, 0.6) is 0 Å².